The lowest BCUT2D eigenvalue weighted by atomic mass is 10.1. The molecule has 0 unspecified atom stereocenters. The van der Waals surface area contributed by atoms with E-state index in [0.29, 0.717) is 18.8 Å². The van der Waals surface area contributed by atoms with E-state index in [1.54, 1.807) is 0 Å². The molecule has 1 heterocycles. The Morgan fingerprint density at radius 2 is 1.95 bits per heavy atom. The molecule has 0 saturated heterocycles. The summed E-state index contributed by atoms with van der Waals surface area (Å²) >= 11 is 5.88. The molecule has 0 aliphatic heterocycles. The highest BCUT2D eigenvalue weighted by atomic mass is 35.5. The Morgan fingerprint density at radius 1 is 1.29 bits per heavy atom. The Bertz CT molecular complexity index is 659. The number of nitrogens with one attached hydrogen (secondary N) is 1. The predicted octanol–water partition coefficient (Wildman–Crippen LogP) is 3.52. The second kappa shape index (κ2) is 6.49. The van der Waals surface area contributed by atoms with E-state index in [4.69, 9.17) is 11.6 Å². The van der Waals surface area contributed by atoms with Crippen LogP contribution >= 0.6 is 11.6 Å². The zero-order valence-corrected chi connectivity index (χ0v) is 12.5. The van der Waals surface area contributed by atoms with Crippen molar-refractivity contribution in [2.45, 2.75) is 26.8 Å². The minimum absolute atomic E-state index is 0.141. The summed E-state index contributed by atoms with van der Waals surface area (Å²) in [6, 6.07) is 7.88. The van der Waals surface area contributed by atoms with Gasteiger partial charge in [-0.1, -0.05) is 48.4 Å². The number of anilines is 1. The van der Waals surface area contributed by atoms with Gasteiger partial charge >= 0.3 is 5.69 Å². The fourth-order valence-electron chi connectivity index (χ4n) is 1.81. The van der Waals surface area contributed by atoms with E-state index < -0.39 is 4.92 Å². The monoisotopic (exact) mass is 306 g/mol. The molecule has 0 bridgehead atoms. The van der Waals surface area contributed by atoms with Crippen molar-refractivity contribution >= 4 is 23.1 Å². The summed E-state index contributed by atoms with van der Waals surface area (Å²) in [4.78, 5) is 18.6. The molecule has 0 aliphatic rings. The molecule has 0 saturated carbocycles. The van der Waals surface area contributed by atoms with Gasteiger partial charge < -0.3 is 5.32 Å². The Kier molecular flexibility index (Phi) is 4.70. The van der Waals surface area contributed by atoms with Crippen LogP contribution in [-0.4, -0.2) is 14.9 Å². The second-order valence-corrected chi connectivity index (χ2v) is 4.94. The second-order valence-electron chi connectivity index (χ2n) is 4.58. The molecule has 21 heavy (non-hydrogen) atoms. The normalized spacial score (nSPS) is 10.4. The molecule has 2 rings (SSSR count). The number of nitrogens with zero attached hydrogens (tertiary/aromatic N) is 3. The standard InChI is InChI=1S/C14H15ClN4O2/c1-3-11-17-13(15)12(19(20)21)14(18-11)16-8-10-6-4-9(2)5-7-10/h4-7H,3,8H2,1-2H3,(H,16,17,18). The first kappa shape index (κ1) is 15.2. The van der Waals surface area contributed by atoms with Crippen LogP contribution in [0.15, 0.2) is 24.3 Å². The van der Waals surface area contributed by atoms with E-state index in [2.05, 4.69) is 15.3 Å². The predicted molar refractivity (Wildman–Crippen MR) is 81.6 cm³/mol. The van der Waals surface area contributed by atoms with Crippen LogP contribution in [0.25, 0.3) is 0 Å². The van der Waals surface area contributed by atoms with Crippen LogP contribution in [0.3, 0.4) is 0 Å². The third-order valence-electron chi connectivity index (χ3n) is 2.97. The fraction of sp³-hybridized carbons (Fsp3) is 0.286. The number of halogens is 1. The molecular weight excluding hydrogens is 292 g/mol. The Labute approximate surface area is 127 Å². The van der Waals surface area contributed by atoms with Crippen molar-refractivity contribution in [3.8, 4) is 0 Å². The van der Waals surface area contributed by atoms with Crippen molar-refractivity contribution in [1.82, 2.24) is 9.97 Å². The van der Waals surface area contributed by atoms with Crippen LogP contribution < -0.4 is 5.32 Å². The molecular formula is C14H15ClN4O2. The average molecular weight is 307 g/mol. The van der Waals surface area contributed by atoms with Crippen molar-refractivity contribution in [1.29, 1.82) is 0 Å². The number of hydrogen-bond acceptors (Lipinski definition) is 5. The maximum Gasteiger partial charge on any atom is 0.348 e. The van der Waals surface area contributed by atoms with E-state index in [1.807, 2.05) is 38.1 Å². The summed E-state index contributed by atoms with van der Waals surface area (Å²) in [5, 5.41) is 13.9. The summed E-state index contributed by atoms with van der Waals surface area (Å²) in [6.07, 6.45) is 0.553. The van der Waals surface area contributed by atoms with Gasteiger partial charge in [-0.2, -0.15) is 0 Å². The van der Waals surface area contributed by atoms with Gasteiger partial charge in [0, 0.05) is 13.0 Å². The van der Waals surface area contributed by atoms with Gasteiger partial charge in [-0.25, -0.2) is 9.97 Å². The molecule has 1 aromatic carbocycles. The molecule has 6 nitrogen and oxygen atoms in total. The number of aromatic nitrogens is 2. The smallest absolute Gasteiger partial charge is 0.348 e. The van der Waals surface area contributed by atoms with Crippen LogP contribution in [0.2, 0.25) is 5.15 Å². The molecule has 0 fully saturated rings. The van der Waals surface area contributed by atoms with Crippen molar-refractivity contribution in [3.05, 3.63) is 56.5 Å². The summed E-state index contributed by atoms with van der Waals surface area (Å²) in [7, 11) is 0. The third kappa shape index (κ3) is 3.66. The highest BCUT2D eigenvalue weighted by Crippen LogP contribution is 2.29. The van der Waals surface area contributed by atoms with E-state index in [-0.39, 0.29) is 16.7 Å². The number of benzene rings is 1. The van der Waals surface area contributed by atoms with Gasteiger partial charge in [0.05, 0.1) is 4.92 Å². The van der Waals surface area contributed by atoms with Gasteiger partial charge in [0.15, 0.2) is 0 Å². The number of hydrogen-bond donors (Lipinski definition) is 1. The topological polar surface area (TPSA) is 81.0 Å². The van der Waals surface area contributed by atoms with Crippen LogP contribution in [0.5, 0.6) is 0 Å². The zero-order chi connectivity index (χ0) is 15.4. The fourth-order valence-corrected chi connectivity index (χ4v) is 2.06. The van der Waals surface area contributed by atoms with Crippen molar-refractivity contribution in [3.63, 3.8) is 0 Å². The van der Waals surface area contributed by atoms with Gasteiger partial charge in [-0.15, -0.1) is 0 Å². The highest BCUT2D eigenvalue weighted by molar-refractivity contribution is 6.31. The first-order valence-corrected chi connectivity index (χ1v) is 6.89. The molecule has 0 atom stereocenters. The van der Waals surface area contributed by atoms with Crippen LogP contribution in [0, 0.1) is 17.0 Å². The molecule has 1 N–H and O–H groups in total. The largest absolute Gasteiger partial charge is 0.360 e. The summed E-state index contributed by atoms with van der Waals surface area (Å²) in [6.45, 7) is 4.29. The van der Waals surface area contributed by atoms with Crippen molar-refractivity contribution in [2.75, 3.05) is 5.32 Å². The molecule has 2 aromatic rings. The SMILES string of the molecule is CCc1nc(Cl)c([N+](=O)[O-])c(NCc2ccc(C)cc2)n1. The first-order valence-electron chi connectivity index (χ1n) is 6.51. The molecule has 1 aromatic heterocycles. The van der Waals surface area contributed by atoms with Crippen LogP contribution in [-0.2, 0) is 13.0 Å². The molecule has 0 spiro atoms. The number of nitro groups is 1. The molecule has 110 valence electrons. The van der Waals surface area contributed by atoms with Gasteiger partial charge in [-0.05, 0) is 12.5 Å². The quantitative estimate of drug-likeness (QED) is 0.519. The lowest BCUT2D eigenvalue weighted by Crippen LogP contribution is -2.08. The molecule has 7 heteroatoms. The summed E-state index contributed by atoms with van der Waals surface area (Å²) in [5.74, 6) is 0.620. The maximum atomic E-state index is 11.1. The van der Waals surface area contributed by atoms with E-state index in [1.165, 1.54) is 0 Å². The summed E-state index contributed by atoms with van der Waals surface area (Å²) in [5.41, 5.74) is 1.87. The Balaban J connectivity index is 2.27. The zero-order valence-electron chi connectivity index (χ0n) is 11.8. The van der Waals surface area contributed by atoms with Crippen LogP contribution in [0.4, 0.5) is 11.5 Å². The number of rotatable bonds is 5. The minimum atomic E-state index is -0.570. The van der Waals surface area contributed by atoms with E-state index in [0.717, 1.165) is 11.1 Å². The maximum absolute atomic E-state index is 11.1. The van der Waals surface area contributed by atoms with Gasteiger partial charge in [0.1, 0.15) is 5.82 Å². The average Bonchev–Trinajstić information content (AvgIpc) is 2.45. The lowest BCUT2D eigenvalue weighted by molar-refractivity contribution is -0.384. The molecule has 0 aliphatic carbocycles. The van der Waals surface area contributed by atoms with Crippen molar-refractivity contribution < 1.29 is 4.92 Å². The Hall–Kier alpha value is -2.21. The first-order chi connectivity index (χ1) is 10.0. The summed E-state index contributed by atoms with van der Waals surface area (Å²) < 4.78 is 0. The molecule has 0 amide bonds. The van der Waals surface area contributed by atoms with Crippen molar-refractivity contribution in [2.24, 2.45) is 0 Å². The third-order valence-corrected chi connectivity index (χ3v) is 3.23. The molecule has 0 radical (unpaired) electrons. The van der Waals surface area contributed by atoms with Crippen LogP contribution in [0.1, 0.15) is 23.9 Å². The lowest BCUT2D eigenvalue weighted by Gasteiger charge is -2.08. The minimum Gasteiger partial charge on any atom is -0.360 e. The van der Waals surface area contributed by atoms with E-state index >= 15 is 0 Å². The highest BCUT2D eigenvalue weighted by Gasteiger charge is 2.23. The van der Waals surface area contributed by atoms with E-state index in [9.17, 15) is 10.1 Å². The van der Waals surface area contributed by atoms with Gasteiger partial charge in [0.25, 0.3) is 0 Å². The van der Waals surface area contributed by atoms with Gasteiger partial charge in [0.2, 0.25) is 11.0 Å². The number of aryl methyl sites for hydroxylation is 2. The Morgan fingerprint density at radius 3 is 2.52 bits per heavy atom. The van der Waals surface area contributed by atoms with Gasteiger partial charge in [-0.3, -0.25) is 10.1 Å².